The molecule has 0 fully saturated rings. The molecule has 0 saturated heterocycles. The molecule has 9 nitrogen and oxygen atoms in total. The van der Waals surface area contributed by atoms with Crippen LogP contribution in [0.2, 0.25) is 0 Å². The Balaban J connectivity index is 2.55. The summed E-state index contributed by atoms with van der Waals surface area (Å²) in [6.07, 6.45) is 0.485. The average molecular weight is 433 g/mol. The summed E-state index contributed by atoms with van der Waals surface area (Å²) >= 11 is 1.32. The molecule has 0 radical (unpaired) electrons. The molecular weight excluding hydrogens is 408 g/mol. The molecule has 1 heterocycles. The maximum atomic E-state index is 11.4. The van der Waals surface area contributed by atoms with E-state index in [2.05, 4.69) is 9.98 Å². The molecule has 1 aromatic carbocycles. The molecule has 0 unspecified atom stereocenters. The Morgan fingerprint density at radius 1 is 1.30 bits per heavy atom. The van der Waals surface area contributed by atoms with Gasteiger partial charge in [-0.25, -0.2) is 19.6 Å². The van der Waals surface area contributed by atoms with Crippen LogP contribution in [-0.4, -0.2) is 40.2 Å². The van der Waals surface area contributed by atoms with Crippen molar-refractivity contribution in [1.29, 1.82) is 0 Å². The van der Waals surface area contributed by atoms with Gasteiger partial charge in [0, 0.05) is 16.4 Å². The molecule has 0 spiro atoms. The highest BCUT2D eigenvalue weighted by Crippen LogP contribution is 2.30. The van der Waals surface area contributed by atoms with Crippen LogP contribution in [0, 0.1) is 0 Å². The monoisotopic (exact) mass is 432 g/mol. The summed E-state index contributed by atoms with van der Waals surface area (Å²) in [5.74, 6) is -2.54. The minimum atomic E-state index is -1.51. The van der Waals surface area contributed by atoms with E-state index in [9.17, 15) is 14.7 Å². The third-order valence-corrected chi connectivity index (χ3v) is 4.87. The Bertz CT molecular complexity index is 991. The standard InChI is InChI=1S/C20H24N4O5S/c1-20(2,3)15-11-30-19(23-15)24(10-12-7-5-6-8-14(12)29-4)18(21)22-13(17(27)28)9-16(25)26/h5-9,11H,10H2,1-4H3,(H2,21,22)(H,25,26)(H,27,28)/b13-9-. The molecule has 0 amide bonds. The zero-order valence-corrected chi connectivity index (χ0v) is 17.9. The number of aromatic nitrogens is 1. The van der Waals surface area contributed by atoms with Gasteiger partial charge in [-0.1, -0.05) is 39.0 Å². The van der Waals surface area contributed by atoms with Crippen molar-refractivity contribution in [2.45, 2.75) is 32.7 Å². The minimum Gasteiger partial charge on any atom is -0.496 e. The number of thiazole rings is 1. The number of hydrogen-bond acceptors (Lipinski definition) is 6. The van der Waals surface area contributed by atoms with Gasteiger partial charge < -0.3 is 20.7 Å². The van der Waals surface area contributed by atoms with Gasteiger partial charge >= 0.3 is 11.9 Å². The van der Waals surface area contributed by atoms with Crippen molar-refractivity contribution < 1.29 is 24.5 Å². The normalized spacial score (nSPS) is 12.5. The van der Waals surface area contributed by atoms with Crippen LogP contribution in [0.15, 0.2) is 46.4 Å². The fourth-order valence-corrected chi connectivity index (χ4v) is 3.49. The van der Waals surface area contributed by atoms with Crippen molar-refractivity contribution in [2.75, 3.05) is 12.0 Å². The van der Waals surface area contributed by atoms with Gasteiger partial charge in [-0.05, 0) is 6.07 Å². The van der Waals surface area contributed by atoms with Crippen LogP contribution in [0.4, 0.5) is 5.13 Å². The largest absolute Gasteiger partial charge is 0.496 e. The van der Waals surface area contributed by atoms with Gasteiger partial charge in [0.1, 0.15) is 5.75 Å². The van der Waals surface area contributed by atoms with E-state index in [1.807, 2.05) is 44.4 Å². The number of methoxy groups -OCH3 is 1. The summed E-state index contributed by atoms with van der Waals surface area (Å²) in [7, 11) is 1.54. The molecule has 4 N–H and O–H groups in total. The number of nitrogens with zero attached hydrogens (tertiary/aromatic N) is 3. The zero-order chi connectivity index (χ0) is 22.5. The second-order valence-electron chi connectivity index (χ2n) is 7.31. The highest BCUT2D eigenvalue weighted by Gasteiger charge is 2.23. The van der Waals surface area contributed by atoms with Crippen molar-refractivity contribution in [3.8, 4) is 5.75 Å². The molecule has 0 saturated carbocycles. The first kappa shape index (κ1) is 22.9. The van der Waals surface area contributed by atoms with Crippen molar-refractivity contribution in [2.24, 2.45) is 10.7 Å². The summed E-state index contributed by atoms with van der Waals surface area (Å²) in [5, 5.41) is 20.6. The summed E-state index contributed by atoms with van der Waals surface area (Å²) in [5.41, 5.74) is 6.83. The van der Waals surface area contributed by atoms with Gasteiger partial charge in [0.25, 0.3) is 0 Å². The number of aliphatic imine (C=N–C) groups is 1. The van der Waals surface area contributed by atoms with Crippen LogP contribution in [0.3, 0.4) is 0 Å². The number of ether oxygens (including phenoxy) is 1. The molecule has 0 atom stereocenters. The van der Waals surface area contributed by atoms with Crippen molar-refractivity contribution in [1.82, 2.24) is 4.98 Å². The molecule has 2 rings (SSSR count). The first-order chi connectivity index (χ1) is 14.0. The van der Waals surface area contributed by atoms with Crippen LogP contribution in [-0.2, 0) is 21.5 Å². The quantitative estimate of drug-likeness (QED) is 0.345. The van der Waals surface area contributed by atoms with E-state index in [0.29, 0.717) is 17.0 Å². The second kappa shape index (κ2) is 9.40. The summed E-state index contributed by atoms with van der Waals surface area (Å²) in [6.45, 7) is 6.25. The van der Waals surface area contributed by atoms with Crippen LogP contribution in [0.1, 0.15) is 32.0 Å². The minimum absolute atomic E-state index is 0.191. The highest BCUT2D eigenvalue weighted by atomic mass is 32.1. The van der Waals surface area contributed by atoms with Crippen LogP contribution >= 0.6 is 11.3 Å². The Kier molecular flexibility index (Phi) is 7.17. The first-order valence-electron chi connectivity index (χ1n) is 8.90. The van der Waals surface area contributed by atoms with Crippen LogP contribution in [0.25, 0.3) is 0 Å². The SMILES string of the molecule is COc1ccccc1CN(C(N)=N/C(=C\C(=O)O)C(=O)O)c1nc(C(C)(C)C)cs1. The molecule has 0 bridgehead atoms. The first-order valence-corrected chi connectivity index (χ1v) is 9.78. The Morgan fingerprint density at radius 2 is 1.97 bits per heavy atom. The number of rotatable bonds is 7. The topological polar surface area (TPSA) is 138 Å². The number of anilines is 1. The van der Waals surface area contributed by atoms with Crippen LogP contribution < -0.4 is 15.4 Å². The van der Waals surface area contributed by atoms with Gasteiger partial charge in [-0.15, -0.1) is 11.3 Å². The number of benzene rings is 1. The average Bonchev–Trinajstić information content (AvgIpc) is 3.15. The zero-order valence-electron chi connectivity index (χ0n) is 17.1. The lowest BCUT2D eigenvalue weighted by molar-refractivity contribution is -0.135. The van der Waals surface area contributed by atoms with E-state index in [1.54, 1.807) is 13.2 Å². The van der Waals surface area contributed by atoms with E-state index in [-0.39, 0.29) is 17.9 Å². The number of carbonyl (C=O) groups is 2. The van der Waals surface area contributed by atoms with Gasteiger partial charge in [0.05, 0.1) is 25.4 Å². The third kappa shape index (κ3) is 5.80. The predicted octanol–water partition coefficient (Wildman–Crippen LogP) is 2.82. The van der Waals surface area contributed by atoms with Gasteiger partial charge in [0.15, 0.2) is 10.8 Å². The summed E-state index contributed by atoms with van der Waals surface area (Å²) in [6, 6.07) is 7.28. The van der Waals surface area contributed by atoms with E-state index < -0.39 is 17.6 Å². The van der Waals surface area contributed by atoms with Crippen molar-refractivity contribution in [3.05, 3.63) is 52.7 Å². The maximum absolute atomic E-state index is 11.4. The number of aliphatic carboxylic acids is 2. The lowest BCUT2D eigenvalue weighted by Crippen LogP contribution is -2.37. The molecule has 0 aliphatic rings. The Hall–Kier alpha value is -3.40. The van der Waals surface area contributed by atoms with Crippen LogP contribution in [0.5, 0.6) is 5.75 Å². The predicted molar refractivity (Wildman–Crippen MR) is 115 cm³/mol. The van der Waals surface area contributed by atoms with Gasteiger partial charge in [-0.2, -0.15) is 0 Å². The lowest BCUT2D eigenvalue weighted by Gasteiger charge is -2.22. The third-order valence-electron chi connectivity index (χ3n) is 4.00. The van der Waals surface area contributed by atoms with Gasteiger partial charge in [0.2, 0.25) is 5.96 Å². The molecule has 0 aliphatic heterocycles. The van der Waals surface area contributed by atoms with Crippen molar-refractivity contribution >= 4 is 34.4 Å². The number of guanidine groups is 1. The fraction of sp³-hybridized carbons (Fsp3) is 0.300. The van der Waals surface area contributed by atoms with Gasteiger partial charge in [-0.3, -0.25) is 4.90 Å². The van der Waals surface area contributed by atoms with E-state index in [0.717, 1.165) is 11.3 Å². The molecule has 1 aromatic heterocycles. The smallest absolute Gasteiger partial charge is 0.354 e. The Morgan fingerprint density at radius 3 is 2.50 bits per heavy atom. The Labute approximate surface area is 178 Å². The van der Waals surface area contributed by atoms with E-state index in [4.69, 9.17) is 15.6 Å². The lowest BCUT2D eigenvalue weighted by atomic mass is 9.93. The van der Waals surface area contributed by atoms with E-state index in [1.165, 1.54) is 16.2 Å². The summed E-state index contributed by atoms with van der Waals surface area (Å²) in [4.78, 5) is 32.3. The molecule has 160 valence electrons. The van der Waals surface area contributed by atoms with Crippen molar-refractivity contribution in [3.63, 3.8) is 0 Å². The number of carboxylic acids is 2. The maximum Gasteiger partial charge on any atom is 0.354 e. The van der Waals surface area contributed by atoms with E-state index >= 15 is 0 Å². The molecule has 10 heteroatoms. The second-order valence-corrected chi connectivity index (χ2v) is 8.14. The molecule has 2 aromatic rings. The number of carboxylic acid groups (broad SMARTS) is 2. The number of para-hydroxylation sites is 1. The molecule has 30 heavy (non-hydrogen) atoms. The molecule has 0 aliphatic carbocycles. The fourth-order valence-electron chi connectivity index (χ4n) is 2.43. The number of hydrogen-bond donors (Lipinski definition) is 3. The number of nitrogens with two attached hydrogens (primary N) is 1. The molecular formula is C20H24N4O5S. The summed E-state index contributed by atoms with van der Waals surface area (Å²) < 4.78 is 5.39. The highest BCUT2D eigenvalue weighted by molar-refractivity contribution is 7.14.